The van der Waals surface area contributed by atoms with Gasteiger partial charge in [-0.3, -0.25) is 9.48 Å². The van der Waals surface area contributed by atoms with Gasteiger partial charge in [0.05, 0.1) is 11.8 Å². The fraction of sp³-hybridized carbons (Fsp3) is 0.667. The van der Waals surface area contributed by atoms with Gasteiger partial charge in [-0.05, 0) is 31.6 Å². The summed E-state index contributed by atoms with van der Waals surface area (Å²) in [6.07, 6.45) is 8.17. The average Bonchev–Trinajstić information content (AvgIpc) is 2.75. The lowest BCUT2D eigenvalue weighted by Gasteiger charge is -2.25. The Hall–Kier alpha value is -0.840. The summed E-state index contributed by atoms with van der Waals surface area (Å²) in [7, 11) is 1.81. The maximum absolute atomic E-state index is 11.8. The van der Waals surface area contributed by atoms with Crippen molar-refractivity contribution in [3.8, 4) is 0 Å². The molecule has 94 valence electrons. The van der Waals surface area contributed by atoms with Gasteiger partial charge in [0, 0.05) is 24.6 Å². The number of hydrogen-bond donors (Lipinski definition) is 1. The maximum atomic E-state index is 11.8. The minimum Gasteiger partial charge on any atom is -0.352 e. The van der Waals surface area contributed by atoms with Crippen LogP contribution < -0.4 is 5.32 Å². The molecule has 1 amide bonds. The minimum absolute atomic E-state index is 0.0148. The summed E-state index contributed by atoms with van der Waals surface area (Å²) in [4.78, 5) is 12.5. The van der Waals surface area contributed by atoms with Crippen LogP contribution in [0.15, 0.2) is 12.4 Å². The molecule has 1 aromatic rings. The number of nitrogens with zero attached hydrogens (tertiary/aromatic N) is 2. The molecule has 0 unspecified atom stereocenters. The zero-order valence-electron chi connectivity index (χ0n) is 10.0. The van der Waals surface area contributed by atoms with E-state index in [1.54, 1.807) is 17.1 Å². The predicted octanol–water partition coefficient (Wildman–Crippen LogP) is 2.10. The monoisotopic (exact) mass is 299 g/mol. The molecule has 0 radical (unpaired) electrons. The van der Waals surface area contributed by atoms with Crippen LogP contribution in [-0.2, 0) is 7.05 Å². The highest BCUT2D eigenvalue weighted by atomic mass is 79.9. The van der Waals surface area contributed by atoms with Gasteiger partial charge in [-0.2, -0.15) is 5.10 Å². The minimum atomic E-state index is -0.0148. The highest BCUT2D eigenvalue weighted by Gasteiger charge is 2.19. The molecule has 2 rings (SSSR count). The van der Waals surface area contributed by atoms with E-state index in [0.29, 0.717) is 16.3 Å². The van der Waals surface area contributed by atoms with Gasteiger partial charge in [-0.1, -0.05) is 15.9 Å². The third-order valence-electron chi connectivity index (χ3n) is 3.29. The number of aromatic nitrogens is 2. The highest BCUT2D eigenvalue weighted by Crippen LogP contribution is 2.28. The number of carbonyl (C=O) groups is 1. The molecule has 1 aliphatic carbocycles. The predicted molar refractivity (Wildman–Crippen MR) is 70.2 cm³/mol. The zero-order chi connectivity index (χ0) is 12.3. The summed E-state index contributed by atoms with van der Waals surface area (Å²) in [6, 6.07) is 0. The summed E-state index contributed by atoms with van der Waals surface area (Å²) in [5.41, 5.74) is 0.640. The van der Waals surface area contributed by atoms with Gasteiger partial charge in [0.25, 0.3) is 5.91 Å². The van der Waals surface area contributed by atoms with Crippen LogP contribution in [0, 0.1) is 5.92 Å². The Labute approximate surface area is 110 Å². The van der Waals surface area contributed by atoms with Crippen molar-refractivity contribution in [3.63, 3.8) is 0 Å². The van der Waals surface area contributed by atoms with Gasteiger partial charge in [0.1, 0.15) is 0 Å². The normalized spacial score (nSPS) is 24.6. The number of halogens is 1. The smallest absolute Gasteiger partial charge is 0.254 e. The second kappa shape index (κ2) is 5.67. The van der Waals surface area contributed by atoms with Crippen molar-refractivity contribution in [2.75, 3.05) is 6.54 Å². The maximum Gasteiger partial charge on any atom is 0.254 e. The summed E-state index contributed by atoms with van der Waals surface area (Å²) in [5.74, 6) is 0.614. The van der Waals surface area contributed by atoms with E-state index in [4.69, 9.17) is 0 Å². The van der Waals surface area contributed by atoms with Crippen molar-refractivity contribution in [3.05, 3.63) is 18.0 Å². The Balaban J connectivity index is 1.76. The van der Waals surface area contributed by atoms with Crippen molar-refractivity contribution in [1.82, 2.24) is 15.1 Å². The lowest BCUT2D eigenvalue weighted by Crippen LogP contribution is -2.31. The van der Waals surface area contributed by atoms with Crippen LogP contribution in [0.25, 0.3) is 0 Å². The fourth-order valence-corrected chi connectivity index (χ4v) is 2.73. The van der Waals surface area contributed by atoms with Gasteiger partial charge >= 0.3 is 0 Å². The molecule has 0 aliphatic heterocycles. The van der Waals surface area contributed by atoms with Crippen LogP contribution in [0.4, 0.5) is 0 Å². The van der Waals surface area contributed by atoms with Crippen LogP contribution in [0.2, 0.25) is 0 Å². The Kier molecular flexibility index (Phi) is 4.20. The Morgan fingerprint density at radius 1 is 1.53 bits per heavy atom. The third kappa shape index (κ3) is 3.56. The summed E-state index contributed by atoms with van der Waals surface area (Å²) in [5, 5.41) is 6.98. The first-order valence-electron chi connectivity index (χ1n) is 6.06. The molecule has 1 aromatic heterocycles. The summed E-state index contributed by atoms with van der Waals surface area (Å²) >= 11 is 3.64. The molecule has 0 aromatic carbocycles. The van der Waals surface area contributed by atoms with Gasteiger partial charge in [-0.25, -0.2) is 0 Å². The molecule has 0 saturated heterocycles. The number of nitrogens with one attached hydrogen (secondary N) is 1. The van der Waals surface area contributed by atoms with E-state index >= 15 is 0 Å². The summed E-state index contributed by atoms with van der Waals surface area (Å²) in [6.45, 7) is 0.785. The first-order valence-corrected chi connectivity index (χ1v) is 6.97. The molecular formula is C12H18BrN3O. The van der Waals surface area contributed by atoms with Gasteiger partial charge in [-0.15, -0.1) is 0 Å². The molecule has 1 N–H and O–H groups in total. The van der Waals surface area contributed by atoms with E-state index < -0.39 is 0 Å². The Morgan fingerprint density at radius 2 is 2.24 bits per heavy atom. The van der Waals surface area contributed by atoms with Crippen molar-refractivity contribution in [1.29, 1.82) is 0 Å². The topological polar surface area (TPSA) is 46.9 Å². The van der Waals surface area contributed by atoms with Crippen molar-refractivity contribution >= 4 is 21.8 Å². The van der Waals surface area contributed by atoms with Crippen LogP contribution in [0.3, 0.4) is 0 Å². The number of alkyl halides is 1. The van der Waals surface area contributed by atoms with Crippen LogP contribution in [-0.4, -0.2) is 27.1 Å². The van der Waals surface area contributed by atoms with Crippen molar-refractivity contribution in [2.24, 2.45) is 13.0 Å². The number of carbonyl (C=O) groups excluding carboxylic acids is 1. The lowest BCUT2D eigenvalue weighted by atomic mass is 9.89. The summed E-state index contributed by atoms with van der Waals surface area (Å²) < 4.78 is 1.64. The van der Waals surface area contributed by atoms with E-state index in [0.717, 1.165) is 6.54 Å². The molecule has 5 heteroatoms. The van der Waals surface area contributed by atoms with Crippen LogP contribution >= 0.6 is 15.9 Å². The largest absolute Gasteiger partial charge is 0.352 e. The quantitative estimate of drug-likeness (QED) is 0.869. The van der Waals surface area contributed by atoms with E-state index in [1.807, 2.05) is 7.05 Å². The molecule has 0 bridgehead atoms. The first-order chi connectivity index (χ1) is 8.15. The Bertz CT molecular complexity index is 383. The van der Waals surface area contributed by atoms with Gasteiger partial charge in [0.15, 0.2) is 0 Å². The zero-order valence-corrected chi connectivity index (χ0v) is 11.6. The van der Waals surface area contributed by atoms with E-state index in [2.05, 4.69) is 26.3 Å². The second-order valence-corrected chi connectivity index (χ2v) is 6.03. The standard InChI is InChI=1S/C12H18BrN3O/c1-16-8-10(7-15-16)12(17)14-6-9-2-4-11(13)5-3-9/h7-9,11H,2-6H2,1H3,(H,14,17). The van der Waals surface area contributed by atoms with E-state index in [9.17, 15) is 4.79 Å². The van der Waals surface area contributed by atoms with Gasteiger partial charge in [0.2, 0.25) is 0 Å². The number of hydrogen-bond acceptors (Lipinski definition) is 2. The van der Waals surface area contributed by atoms with Crippen LogP contribution in [0.1, 0.15) is 36.0 Å². The SMILES string of the molecule is Cn1cc(C(=O)NCC2CCC(Br)CC2)cn1. The molecule has 1 saturated carbocycles. The Morgan fingerprint density at radius 3 is 2.82 bits per heavy atom. The van der Waals surface area contributed by atoms with Crippen molar-refractivity contribution < 1.29 is 4.79 Å². The molecule has 0 atom stereocenters. The fourth-order valence-electron chi connectivity index (χ4n) is 2.20. The number of aryl methyl sites for hydroxylation is 1. The molecule has 17 heavy (non-hydrogen) atoms. The van der Waals surface area contributed by atoms with Crippen molar-refractivity contribution in [2.45, 2.75) is 30.5 Å². The number of rotatable bonds is 3. The lowest BCUT2D eigenvalue weighted by molar-refractivity contribution is 0.0944. The number of amides is 1. The third-order valence-corrected chi connectivity index (χ3v) is 4.21. The molecular weight excluding hydrogens is 282 g/mol. The van der Waals surface area contributed by atoms with E-state index in [-0.39, 0.29) is 5.91 Å². The second-order valence-electron chi connectivity index (χ2n) is 4.73. The van der Waals surface area contributed by atoms with Crippen LogP contribution in [0.5, 0.6) is 0 Å². The molecule has 4 nitrogen and oxygen atoms in total. The molecule has 0 spiro atoms. The average molecular weight is 300 g/mol. The molecule has 1 fully saturated rings. The molecule has 1 heterocycles. The molecule has 1 aliphatic rings. The van der Waals surface area contributed by atoms with E-state index in [1.165, 1.54) is 25.7 Å². The van der Waals surface area contributed by atoms with Gasteiger partial charge < -0.3 is 5.32 Å². The highest BCUT2D eigenvalue weighted by molar-refractivity contribution is 9.09. The first kappa shape index (κ1) is 12.6.